The number of hydrogen-bond acceptors (Lipinski definition) is 11. The van der Waals surface area contributed by atoms with Gasteiger partial charge < -0.3 is 29.9 Å². The Morgan fingerprint density at radius 1 is 0.868 bits per heavy atom. The summed E-state index contributed by atoms with van der Waals surface area (Å²) in [6, 6.07) is 6.52. The molecule has 1 aromatic rings. The fraction of sp³-hybridized carbons (Fsp3) is 0.725. The smallest absolute Gasteiger partial charge is 0.245 e. The first-order valence-electron chi connectivity index (χ1n) is 24.8. The Balaban J connectivity index is 1.71. The van der Waals surface area contributed by atoms with Crippen molar-refractivity contribution < 1.29 is 43.0 Å². The van der Waals surface area contributed by atoms with Crippen LogP contribution in [0.3, 0.4) is 0 Å². The lowest BCUT2D eigenvalue weighted by Crippen LogP contribution is -2.59. The van der Waals surface area contributed by atoms with Crippen molar-refractivity contribution in [3.05, 3.63) is 35.9 Å². The Bertz CT molecular complexity index is 1870. The van der Waals surface area contributed by atoms with Crippen molar-refractivity contribution in [2.45, 2.75) is 163 Å². The summed E-state index contributed by atoms with van der Waals surface area (Å²) in [6.45, 7) is 18.0. The summed E-state index contributed by atoms with van der Waals surface area (Å²) in [5.41, 5.74) is 3.82. The van der Waals surface area contributed by atoms with E-state index in [4.69, 9.17) is 9.47 Å². The molecule has 0 spiro atoms. The number of ether oxygens (including phenoxy) is 2. The summed E-state index contributed by atoms with van der Waals surface area (Å²) in [7, 11) is 8.52. The average Bonchev–Trinajstić information content (AvgIpc) is 3.87. The van der Waals surface area contributed by atoms with Crippen LogP contribution in [0.5, 0.6) is 0 Å². The zero-order chi connectivity index (χ0) is 51.0. The van der Waals surface area contributed by atoms with E-state index in [1.54, 1.807) is 51.8 Å². The second-order valence-corrected chi connectivity index (χ2v) is 19.9. The quantitative estimate of drug-likeness (QED) is 0.0485. The van der Waals surface area contributed by atoms with E-state index in [-0.39, 0.29) is 84.3 Å². The van der Waals surface area contributed by atoms with Crippen LogP contribution < -0.4 is 16.1 Å². The zero-order valence-corrected chi connectivity index (χ0v) is 43.5. The van der Waals surface area contributed by atoms with Gasteiger partial charge in [0.05, 0.1) is 54.4 Å². The maximum Gasteiger partial charge on any atom is 0.245 e. The number of amides is 7. The van der Waals surface area contributed by atoms with Crippen molar-refractivity contribution in [1.82, 2.24) is 35.7 Å². The number of likely N-dealkylation sites (N-methyl/N-ethyl adjacent to an activating group) is 2. The molecule has 3 N–H and O–H groups in total. The number of unbranched alkanes of at least 4 members (excludes halogenated alkanes) is 2. The van der Waals surface area contributed by atoms with E-state index >= 15 is 0 Å². The predicted octanol–water partition coefficient (Wildman–Crippen LogP) is 4.61. The van der Waals surface area contributed by atoms with Crippen molar-refractivity contribution in [2.75, 3.05) is 48.5 Å². The molecule has 10 atom stereocenters. The third kappa shape index (κ3) is 15.4. The number of benzene rings is 1. The minimum atomic E-state index is -0.789. The third-order valence-electron chi connectivity index (χ3n) is 13.8. The minimum Gasteiger partial charge on any atom is -0.379 e. The van der Waals surface area contributed by atoms with Crippen LogP contribution in [0.25, 0.3) is 0 Å². The van der Waals surface area contributed by atoms with Gasteiger partial charge in [-0.25, -0.2) is 5.43 Å². The third-order valence-corrected chi connectivity index (χ3v) is 13.8. The molecule has 2 heterocycles. The van der Waals surface area contributed by atoms with Gasteiger partial charge in [-0.1, -0.05) is 98.6 Å². The summed E-state index contributed by atoms with van der Waals surface area (Å²) in [5.74, 6) is -2.74. The Morgan fingerprint density at radius 2 is 1.53 bits per heavy atom. The molecule has 3 rings (SSSR count). The molecule has 17 heteroatoms. The average molecular weight is 953 g/mol. The maximum atomic E-state index is 14.4. The number of nitrogens with zero attached hydrogens (tertiary/aromatic N) is 5. The van der Waals surface area contributed by atoms with E-state index in [1.165, 1.54) is 4.90 Å². The van der Waals surface area contributed by atoms with Crippen LogP contribution in [0.2, 0.25) is 0 Å². The van der Waals surface area contributed by atoms with Gasteiger partial charge in [0.1, 0.15) is 6.04 Å². The predicted molar refractivity (Wildman–Crippen MR) is 263 cm³/mol. The molecule has 382 valence electrons. The van der Waals surface area contributed by atoms with E-state index in [9.17, 15) is 33.6 Å². The molecule has 2 aliphatic heterocycles. The van der Waals surface area contributed by atoms with E-state index < -0.39 is 48.3 Å². The number of carbonyl (C=O) groups excluding carboxylic acids is 7. The number of hydrazone groups is 1. The molecule has 0 saturated carbocycles. The topological polar surface area (TPSA) is 199 Å². The van der Waals surface area contributed by atoms with Crippen LogP contribution in [0.1, 0.15) is 126 Å². The molecule has 1 aromatic carbocycles. The van der Waals surface area contributed by atoms with Gasteiger partial charge in [-0.15, -0.1) is 0 Å². The summed E-state index contributed by atoms with van der Waals surface area (Å²) in [5, 5.41) is 10.6. The van der Waals surface area contributed by atoms with Crippen LogP contribution in [0.15, 0.2) is 35.4 Å². The molecular weight excluding hydrogens is 869 g/mol. The normalized spacial score (nSPS) is 20.2. The molecule has 0 radical (unpaired) electrons. The van der Waals surface area contributed by atoms with Crippen molar-refractivity contribution >= 4 is 47.1 Å². The highest BCUT2D eigenvalue weighted by atomic mass is 16.5. The van der Waals surface area contributed by atoms with Crippen molar-refractivity contribution in [1.29, 1.82) is 0 Å². The molecule has 68 heavy (non-hydrogen) atoms. The van der Waals surface area contributed by atoms with Crippen LogP contribution in [-0.2, 0) is 43.0 Å². The van der Waals surface area contributed by atoms with E-state index in [0.717, 1.165) is 0 Å². The number of nitrogens with one attached hydrogen (secondary N) is 3. The Hall–Kier alpha value is -4.74. The number of carbonyl (C=O) groups is 7. The van der Waals surface area contributed by atoms with E-state index in [0.29, 0.717) is 62.9 Å². The van der Waals surface area contributed by atoms with Gasteiger partial charge in [-0.05, 0) is 70.0 Å². The first-order valence-corrected chi connectivity index (χ1v) is 24.8. The van der Waals surface area contributed by atoms with Crippen molar-refractivity contribution in [3.63, 3.8) is 0 Å². The molecular formula is C51H84N8O9. The van der Waals surface area contributed by atoms with Gasteiger partial charge >= 0.3 is 0 Å². The van der Waals surface area contributed by atoms with Gasteiger partial charge in [0.2, 0.25) is 41.4 Å². The standard InChI is InChI=1S/C51H84N8O9/c1-15-33(6)46(57(12)51(66)43(31(2)3)53-49(64)45(32(4)5)56(10)11)39(67-13)30-42(62)58-28-22-25-38(58)47(68-14)35(8)48(63)52-36(9)44(37-23-18-16-19-24-37)55-54-40(60)26-20-17-21-27-59-41(61)29-34(7)50(59)65/h16,18-19,23-24,31-36,38-39,43,45-47H,15,17,20-22,25-30H2,1-14H3,(H,52,63)(H,53,64)(H,54,60)/b55-44-/t33-,34?,35+,36+,38-,39+,43-,45-,46-,47+/m0/s1. The molecule has 1 unspecified atom stereocenters. The molecule has 0 bridgehead atoms. The van der Waals surface area contributed by atoms with Crippen molar-refractivity contribution in [3.8, 4) is 0 Å². The van der Waals surface area contributed by atoms with Gasteiger partial charge in [0.15, 0.2) is 0 Å². The molecule has 2 saturated heterocycles. The highest BCUT2D eigenvalue weighted by molar-refractivity contribution is 6.06. The number of rotatable bonds is 27. The molecule has 0 aromatic heterocycles. The minimum absolute atomic E-state index is 0.00892. The second kappa shape index (κ2) is 27.4. The largest absolute Gasteiger partial charge is 0.379 e. The lowest BCUT2D eigenvalue weighted by molar-refractivity contribution is -0.148. The van der Waals surface area contributed by atoms with Gasteiger partial charge in [-0.3, -0.25) is 43.4 Å². The fourth-order valence-electron chi connectivity index (χ4n) is 9.84. The molecule has 2 fully saturated rings. The lowest BCUT2D eigenvalue weighted by atomic mass is 9.89. The zero-order valence-electron chi connectivity index (χ0n) is 43.5. The Kier molecular flexibility index (Phi) is 23.2. The van der Waals surface area contributed by atoms with Crippen LogP contribution in [0.4, 0.5) is 0 Å². The highest BCUT2D eigenvalue weighted by Crippen LogP contribution is 2.30. The first kappa shape index (κ1) is 57.6. The number of likely N-dealkylation sites (tertiary alicyclic amines) is 2. The number of hydrogen-bond donors (Lipinski definition) is 3. The van der Waals surface area contributed by atoms with Gasteiger partial charge in [0, 0.05) is 53.1 Å². The monoisotopic (exact) mass is 953 g/mol. The second-order valence-electron chi connectivity index (χ2n) is 19.9. The lowest BCUT2D eigenvalue weighted by Gasteiger charge is -2.41. The highest BCUT2D eigenvalue weighted by Gasteiger charge is 2.43. The van der Waals surface area contributed by atoms with E-state index in [2.05, 4.69) is 21.2 Å². The summed E-state index contributed by atoms with van der Waals surface area (Å²) in [6.07, 6.45) is 2.98. The molecule has 17 nitrogen and oxygen atoms in total. The molecule has 0 aliphatic carbocycles. The van der Waals surface area contributed by atoms with Crippen LogP contribution in [0, 0.1) is 29.6 Å². The van der Waals surface area contributed by atoms with Crippen molar-refractivity contribution in [2.24, 2.45) is 34.7 Å². The first-order chi connectivity index (χ1) is 32.1. The summed E-state index contributed by atoms with van der Waals surface area (Å²) in [4.78, 5) is 100. The Labute approximate surface area is 406 Å². The van der Waals surface area contributed by atoms with Gasteiger partial charge in [0.25, 0.3) is 0 Å². The van der Waals surface area contributed by atoms with E-state index in [1.807, 2.05) is 90.9 Å². The number of methoxy groups -OCH3 is 2. The summed E-state index contributed by atoms with van der Waals surface area (Å²) >= 11 is 0. The van der Waals surface area contributed by atoms with Crippen LogP contribution in [-0.4, -0.2) is 158 Å². The summed E-state index contributed by atoms with van der Waals surface area (Å²) < 4.78 is 12.1. The SMILES string of the molecule is CC[C@H](C)[C@@H]([C@@H](CC(=O)N1CCC[C@H]1[C@H](OC)[C@@H](C)C(=O)N[C@H](C)/C(=N/NC(=O)CCCCCN1C(=O)CC(C)C1=O)c1ccccc1)OC)N(C)C(=O)[C@@H](NC(=O)[C@H](C(C)C)N(C)C)C(C)C. The Morgan fingerprint density at radius 3 is 2.07 bits per heavy atom. The maximum absolute atomic E-state index is 14.4. The van der Waals surface area contributed by atoms with Gasteiger partial charge in [-0.2, -0.15) is 5.10 Å². The molecule has 7 amide bonds. The number of imide groups is 1. The fourth-order valence-corrected chi connectivity index (χ4v) is 9.84. The van der Waals surface area contributed by atoms with Crippen LogP contribution >= 0.6 is 0 Å². The molecule has 2 aliphatic rings.